The monoisotopic (exact) mass is 366 g/mol. The van der Waals surface area contributed by atoms with Crippen LogP contribution in [-0.4, -0.2) is 53.4 Å². The summed E-state index contributed by atoms with van der Waals surface area (Å²) in [6.45, 7) is 10.4. The van der Waals surface area contributed by atoms with Gasteiger partial charge in [0.15, 0.2) is 0 Å². The third kappa shape index (κ3) is 7.00. The summed E-state index contributed by atoms with van der Waals surface area (Å²) in [4.78, 5) is 39.3. The fraction of sp³-hybridized carbons (Fsp3) is 0.737. The van der Waals surface area contributed by atoms with Gasteiger partial charge in [0.05, 0.1) is 12.6 Å². The Hall–Kier alpha value is -2.14. The minimum atomic E-state index is -0.994. The number of unbranched alkanes of at least 4 members (excludes halogenated alkanes) is 1. The van der Waals surface area contributed by atoms with E-state index in [1.165, 1.54) is 0 Å². The van der Waals surface area contributed by atoms with Gasteiger partial charge in [-0.15, -0.1) is 0 Å². The summed E-state index contributed by atoms with van der Waals surface area (Å²) >= 11 is 0. The van der Waals surface area contributed by atoms with Crippen molar-refractivity contribution in [3.8, 4) is 0 Å². The van der Waals surface area contributed by atoms with Crippen LogP contribution < -0.4 is 0 Å². The Morgan fingerprint density at radius 3 is 2.62 bits per heavy atom. The van der Waals surface area contributed by atoms with Crippen molar-refractivity contribution in [2.45, 2.75) is 71.4 Å². The van der Waals surface area contributed by atoms with Crippen LogP contribution in [0.3, 0.4) is 0 Å². The maximum Gasteiger partial charge on any atom is 0.409 e. The Kier molecular flexibility index (Phi) is 8.52. The number of aliphatic carboxylic acids is 1. The molecule has 0 saturated heterocycles. The van der Waals surface area contributed by atoms with Gasteiger partial charge in [0.1, 0.15) is 0 Å². The molecule has 1 fully saturated rings. The Balaban J connectivity index is 2.53. The quantitative estimate of drug-likeness (QED) is 0.291. The summed E-state index contributed by atoms with van der Waals surface area (Å²) in [5.74, 6) is -0.994. The zero-order chi connectivity index (χ0) is 19.7. The number of hydrogen-bond donors (Lipinski definition) is 1. The first-order valence-corrected chi connectivity index (χ1v) is 9.11. The number of carboxylic acids is 1. The number of ether oxygens (including phenoxy) is 1. The molecule has 2 atom stereocenters. The van der Waals surface area contributed by atoms with Gasteiger partial charge in [0, 0.05) is 18.2 Å². The van der Waals surface area contributed by atoms with E-state index in [0.29, 0.717) is 32.2 Å². The van der Waals surface area contributed by atoms with Crippen LogP contribution >= 0.6 is 0 Å². The average molecular weight is 366 g/mol. The number of aliphatic imine (C=N–C) groups is 1. The fourth-order valence-corrected chi connectivity index (χ4v) is 3.58. The van der Waals surface area contributed by atoms with Crippen molar-refractivity contribution < 1.29 is 24.2 Å². The van der Waals surface area contributed by atoms with E-state index in [-0.39, 0.29) is 35.8 Å². The summed E-state index contributed by atoms with van der Waals surface area (Å²) in [6.07, 6.45) is 5.12. The Morgan fingerprint density at radius 1 is 1.35 bits per heavy atom. The second kappa shape index (κ2) is 10.1. The second-order valence-corrected chi connectivity index (χ2v) is 7.60. The number of hydrogen-bond acceptors (Lipinski definition) is 5. The summed E-state index contributed by atoms with van der Waals surface area (Å²) < 4.78 is 5.36. The van der Waals surface area contributed by atoms with Crippen LogP contribution in [0.2, 0.25) is 0 Å². The summed E-state index contributed by atoms with van der Waals surface area (Å²) in [5.41, 5.74) is 0.150. The van der Waals surface area contributed by atoms with Gasteiger partial charge in [-0.1, -0.05) is 20.4 Å². The molecule has 0 bridgehead atoms. The molecule has 0 heterocycles. The maximum atomic E-state index is 12.4. The predicted molar refractivity (Wildman–Crippen MR) is 97.7 cm³/mol. The third-order valence-corrected chi connectivity index (χ3v) is 4.77. The highest BCUT2D eigenvalue weighted by Crippen LogP contribution is 2.38. The molecule has 26 heavy (non-hydrogen) atoms. The highest BCUT2D eigenvalue weighted by Gasteiger charge is 2.38. The molecule has 1 saturated carbocycles. The van der Waals surface area contributed by atoms with Crippen LogP contribution in [0.15, 0.2) is 17.1 Å². The predicted octanol–water partition coefficient (Wildman–Crippen LogP) is 3.54. The Morgan fingerprint density at radius 2 is 2.04 bits per heavy atom. The van der Waals surface area contributed by atoms with Crippen LogP contribution in [0.4, 0.5) is 4.79 Å². The molecule has 1 aliphatic rings. The number of carbonyl (C=O) groups excluding carboxylic acids is 2. The minimum Gasteiger partial charge on any atom is -0.478 e. The van der Waals surface area contributed by atoms with Gasteiger partial charge in [-0.05, 0) is 50.9 Å². The molecular formula is C19H30N2O5. The summed E-state index contributed by atoms with van der Waals surface area (Å²) in [7, 11) is 0. The van der Waals surface area contributed by atoms with Crippen molar-refractivity contribution in [2.75, 3.05) is 13.2 Å². The molecule has 1 rings (SSSR count). The molecular weight excluding hydrogens is 336 g/mol. The van der Waals surface area contributed by atoms with Gasteiger partial charge < -0.3 is 14.7 Å². The van der Waals surface area contributed by atoms with Crippen LogP contribution in [0, 0.1) is 5.41 Å². The van der Waals surface area contributed by atoms with E-state index in [2.05, 4.69) is 25.4 Å². The molecule has 146 valence electrons. The molecule has 7 nitrogen and oxygen atoms in total. The average Bonchev–Trinajstić information content (AvgIpc) is 2.53. The van der Waals surface area contributed by atoms with Gasteiger partial charge in [-0.25, -0.2) is 19.4 Å². The molecule has 1 amide bonds. The highest BCUT2D eigenvalue weighted by atomic mass is 16.6. The first kappa shape index (κ1) is 21.9. The molecule has 1 N–H and O–H groups in total. The van der Waals surface area contributed by atoms with E-state index >= 15 is 0 Å². The van der Waals surface area contributed by atoms with Crippen LogP contribution in [-0.2, 0) is 14.3 Å². The van der Waals surface area contributed by atoms with Crippen molar-refractivity contribution in [2.24, 2.45) is 10.4 Å². The Bertz CT molecular complexity index is 566. The van der Waals surface area contributed by atoms with E-state index in [0.717, 1.165) is 12.8 Å². The number of carboxylic acid groups (broad SMARTS) is 1. The molecule has 0 aromatic heterocycles. The van der Waals surface area contributed by atoms with Crippen LogP contribution in [0.25, 0.3) is 0 Å². The number of carbonyl (C=O) groups is 2. The number of rotatable bonds is 9. The van der Waals surface area contributed by atoms with E-state index in [1.54, 1.807) is 11.0 Å². The largest absolute Gasteiger partial charge is 0.478 e. The second-order valence-electron chi connectivity index (χ2n) is 7.60. The molecule has 0 radical (unpaired) electrons. The van der Waals surface area contributed by atoms with E-state index in [1.807, 2.05) is 6.92 Å². The van der Waals surface area contributed by atoms with E-state index in [9.17, 15) is 14.4 Å². The summed E-state index contributed by atoms with van der Waals surface area (Å²) in [6, 6.07) is -0.143. The van der Waals surface area contributed by atoms with Gasteiger partial charge in [-0.3, -0.25) is 0 Å². The fourth-order valence-electron chi connectivity index (χ4n) is 3.58. The standard InChI is InChI=1S/C19H30N2O5/c1-5-21(16-10-15(20-13-22)11-19(3,4)12-16)18(25)26-9-7-6-8-14(2)17(23)24/h15-16H,2,5-12H2,1,3-4H3,(H,23,24). The van der Waals surface area contributed by atoms with Crippen molar-refractivity contribution in [1.82, 2.24) is 4.90 Å². The Labute approximate surface area is 155 Å². The van der Waals surface area contributed by atoms with Gasteiger partial charge in [0.2, 0.25) is 6.08 Å². The first-order valence-electron chi connectivity index (χ1n) is 9.11. The molecule has 1 aliphatic carbocycles. The number of isocyanates is 1. The minimum absolute atomic E-state index is 0.0151. The van der Waals surface area contributed by atoms with E-state index < -0.39 is 5.97 Å². The zero-order valence-corrected chi connectivity index (χ0v) is 16.0. The maximum absolute atomic E-state index is 12.4. The van der Waals surface area contributed by atoms with Gasteiger partial charge >= 0.3 is 12.1 Å². The van der Waals surface area contributed by atoms with Crippen molar-refractivity contribution in [3.63, 3.8) is 0 Å². The lowest BCUT2D eigenvalue weighted by Gasteiger charge is -2.42. The summed E-state index contributed by atoms with van der Waals surface area (Å²) in [5, 5.41) is 8.75. The SMILES string of the molecule is C=C(CCCCOC(=O)N(CC)C1CC(N=C=O)CC(C)(C)C1)C(=O)O. The molecule has 0 spiro atoms. The van der Waals surface area contributed by atoms with Gasteiger partial charge in [0.25, 0.3) is 0 Å². The third-order valence-electron chi connectivity index (χ3n) is 4.77. The van der Waals surface area contributed by atoms with Crippen molar-refractivity contribution >= 4 is 18.1 Å². The van der Waals surface area contributed by atoms with Gasteiger partial charge in [-0.2, -0.15) is 0 Å². The molecule has 0 aliphatic heterocycles. The highest BCUT2D eigenvalue weighted by molar-refractivity contribution is 5.85. The normalized spacial score (nSPS) is 21.3. The number of nitrogens with zero attached hydrogens (tertiary/aromatic N) is 2. The molecule has 2 unspecified atom stereocenters. The van der Waals surface area contributed by atoms with Crippen LogP contribution in [0.5, 0.6) is 0 Å². The van der Waals surface area contributed by atoms with Crippen LogP contribution in [0.1, 0.15) is 59.3 Å². The lowest BCUT2D eigenvalue weighted by molar-refractivity contribution is -0.132. The first-order chi connectivity index (χ1) is 12.2. The lowest BCUT2D eigenvalue weighted by atomic mass is 9.72. The van der Waals surface area contributed by atoms with Crippen molar-refractivity contribution in [3.05, 3.63) is 12.2 Å². The molecule has 0 aromatic rings. The lowest BCUT2D eigenvalue weighted by Crippen LogP contribution is -2.47. The molecule has 0 aromatic carbocycles. The molecule has 7 heteroatoms. The zero-order valence-electron chi connectivity index (χ0n) is 16.0. The van der Waals surface area contributed by atoms with Crippen molar-refractivity contribution in [1.29, 1.82) is 0 Å². The smallest absolute Gasteiger partial charge is 0.409 e. The topological polar surface area (TPSA) is 96.3 Å². The number of amides is 1. The van der Waals surface area contributed by atoms with E-state index in [4.69, 9.17) is 9.84 Å².